The normalized spacial score (nSPS) is 12.3. The number of aliphatic hydroxyl groups is 1. The van der Waals surface area contributed by atoms with Crippen LogP contribution in [0.5, 0.6) is 5.75 Å². The van der Waals surface area contributed by atoms with Crippen LogP contribution in [0.1, 0.15) is 52.5 Å². The Balaban J connectivity index is 2.09. The molecule has 0 aliphatic heterocycles. The van der Waals surface area contributed by atoms with Gasteiger partial charge < -0.3 is 15.2 Å². The summed E-state index contributed by atoms with van der Waals surface area (Å²) in [5.41, 5.74) is 4.83. The maximum atomic E-state index is 13.2. The molecule has 0 amide bonds. The van der Waals surface area contributed by atoms with E-state index in [4.69, 9.17) is 0 Å². The smallest absolute Gasteiger partial charge is 0.394 e. The van der Waals surface area contributed by atoms with E-state index in [2.05, 4.69) is 47.0 Å². The maximum Gasteiger partial charge on any atom is 0.394 e. The van der Waals surface area contributed by atoms with Crippen molar-refractivity contribution in [3.8, 4) is 16.9 Å². The molecule has 0 saturated carbocycles. The number of hydrogen-bond donors (Lipinski definition) is 2. The van der Waals surface area contributed by atoms with Crippen LogP contribution in [0.3, 0.4) is 0 Å². The third-order valence-corrected chi connectivity index (χ3v) is 5.78. The van der Waals surface area contributed by atoms with Gasteiger partial charge in [0, 0.05) is 36.1 Å². The molecular weight excluding hydrogens is 450 g/mol. The minimum Gasteiger partial charge on any atom is -0.433 e. The molecule has 0 bridgehead atoms. The first-order valence-electron chi connectivity index (χ1n) is 12.1. The Hall–Kier alpha value is -3.26. The predicted molar refractivity (Wildman–Crippen MR) is 136 cm³/mol. The Kier molecular flexibility index (Phi) is 8.98. The lowest BCUT2D eigenvalue weighted by molar-refractivity contribution is -0.158. The van der Waals surface area contributed by atoms with Crippen molar-refractivity contribution in [2.24, 2.45) is 5.92 Å². The highest BCUT2D eigenvalue weighted by Gasteiger charge is 2.24. The third-order valence-electron chi connectivity index (χ3n) is 5.78. The van der Waals surface area contributed by atoms with Gasteiger partial charge in [-0.25, -0.2) is 4.98 Å². The van der Waals surface area contributed by atoms with Crippen molar-refractivity contribution in [1.82, 2.24) is 14.8 Å². The lowest BCUT2D eigenvalue weighted by Gasteiger charge is -2.23. The maximum absolute atomic E-state index is 13.2. The number of allylic oxidation sites excluding steroid dienone is 2. The quantitative estimate of drug-likeness (QED) is 0.292. The van der Waals surface area contributed by atoms with Gasteiger partial charge in [0.05, 0.1) is 19.3 Å². The van der Waals surface area contributed by atoms with Crippen molar-refractivity contribution in [2.75, 3.05) is 11.9 Å². The largest absolute Gasteiger partial charge is 0.433 e. The fraction of sp³-hybridized carbons (Fsp3) is 0.407. The van der Waals surface area contributed by atoms with E-state index in [9.17, 15) is 13.9 Å². The van der Waals surface area contributed by atoms with Crippen molar-refractivity contribution in [2.45, 2.75) is 59.6 Å². The molecule has 0 atom stereocenters. The van der Waals surface area contributed by atoms with Crippen molar-refractivity contribution in [3.63, 3.8) is 0 Å². The van der Waals surface area contributed by atoms with Crippen LogP contribution in [0, 0.1) is 5.92 Å². The van der Waals surface area contributed by atoms with Crippen LogP contribution in [-0.4, -0.2) is 32.6 Å². The minimum absolute atomic E-state index is 0.00946. The Labute approximate surface area is 205 Å². The van der Waals surface area contributed by atoms with Gasteiger partial charge in [0.15, 0.2) is 0 Å². The standard InChI is InChI=1S/C27H34F2N4O2/c1-5-8-23(19(6-2)7-3)25-24(20-17-31-33(18-20)15-16-34)13-14-30-26(25)32-21-9-11-22(12-10-21)35-27(4,28)29/h8-14,17-19,34H,5-7,15-16H2,1-4H3,(H,30,32)/b23-8+. The zero-order valence-corrected chi connectivity index (χ0v) is 20.8. The SMILES string of the molecule is CC/C=C(/c1c(-c2cnn(CCO)c2)ccnc1Nc1ccc(OC(C)(F)F)cc1)C(CC)CC. The van der Waals surface area contributed by atoms with Gasteiger partial charge in [0.2, 0.25) is 0 Å². The molecular formula is C27H34F2N4O2. The first-order chi connectivity index (χ1) is 16.8. The molecule has 6 nitrogen and oxygen atoms in total. The van der Waals surface area contributed by atoms with E-state index in [1.54, 1.807) is 29.2 Å². The number of rotatable bonds is 12. The second-order valence-electron chi connectivity index (χ2n) is 8.44. The number of aliphatic hydroxyl groups excluding tert-OH is 1. The van der Waals surface area contributed by atoms with Gasteiger partial charge in [-0.15, -0.1) is 0 Å². The van der Waals surface area contributed by atoms with E-state index < -0.39 is 6.11 Å². The average molecular weight is 485 g/mol. The van der Waals surface area contributed by atoms with E-state index in [1.807, 2.05) is 12.3 Å². The third kappa shape index (κ3) is 6.88. The molecule has 2 aromatic heterocycles. The Bertz CT molecular complexity index is 1120. The molecule has 35 heavy (non-hydrogen) atoms. The van der Waals surface area contributed by atoms with E-state index in [0.29, 0.717) is 30.9 Å². The van der Waals surface area contributed by atoms with Crippen LogP contribution in [0.4, 0.5) is 20.3 Å². The fourth-order valence-electron chi connectivity index (χ4n) is 4.19. The van der Waals surface area contributed by atoms with E-state index in [-0.39, 0.29) is 12.4 Å². The second kappa shape index (κ2) is 11.9. The number of aromatic nitrogens is 3. The summed E-state index contributed by atoms with van der Waals surface area (Å²) in [7, 11) is 0. The summed E-state index contributed by atoms with van der Waals surface area (Å²) >= 11 is 0. The van der Waals surface area contributed by atoms with Gasteiger partial charge >= 0.3 is 6.11 Å². The first-order valence-corrected chi connectivity index (χ1v) is 12.1. The molecule has 2 heterocycles. The molecule has 3 rings (SSSR count). The lowest BCUT2D eigenvalue weighted by atomic mass is 9.84. The number of pyridine rings is 1. The van der Waals surface area contributed by atoms with Crippen molar-refractivity contribution < 1.29 is 18.6 Å². The molecule has 0 unspecified atom stereocenters. The molecule has 0 aliphatic carbocycles. The monoisotopic (exact) mass is 484 g/mol. The predicted octanol–water partition coefficient (Wildman–Crippen LogP) is 6.90. The second-order valence-corrected chi connectivity index (χ2v) is 8.44. The topological polar surface area (TPSA) is 72.2 Å². The van der Waals surface area contributed by atoms with Crippen molar-refractivity contribution in [3.05, 3.63) is 60.6 Å². The Morgan fingerprint density at radius 1 is 1.17 bits per heavy atom. The van der Waals surface area contributed by atoms with Gasteiger partial charge in [-0.05, 0) is 66.6 Å². The highest BCUT2D eigenvalue weighted by atomic mass is 19.3. The highest BCUT2D eigenvalue weighted by molar-refractivity contribution is 5.88. The molecule has 2 N–H and O–H groups in total. The number of hydrogen-bond acceptors (Lipinski definition) is 5. The van der Waals surface area contributed by atoms with Crippen LogP contribution in [-0.2, 0) is 6.54 Å². The zero-order chi connectivity index (χ0) is 25.4. The number of benzene rings is 1. The van der Waals surface area contributed by atoms with Crippen LogP contribution >= 0.6 is 0 Å². The number of alkyl halides is 2. The molecule has 0 radical (unpaired) electrons. The van der Waals surface area contributed by atoms with Gasteiger partial charge in [0.1, 0.15) is 11.6 Å². The summed E-state index contributed by atoms with van der Waals surface area (Å²) in [4.78, 5) is 4.67. The number of anilines is 2. The summed E-state index contributed by atoms with van der Waals surface area (Å²) in [6, 6.07) is 8.38. The summed E-state index contributed by atoms with van der Waals surface area (Å²) in [6.45, 7) is 7.62. The number of nitrogens with zero attached hydrogens (tertiary/aromatic N) is 3. The van der Waals surface area contributed by atoms with Crippen molar-refractivity contribution >= 4 is 17.1 Å². The number of nitrogens with one attached hydrogen (secondary N) is 1. The Morgan fingerprint density at radius 3 is 2.49 bits per heavy atom. The molecule has 0 saturated heterocycles. The molecule has 3 aromatic rings. The zero-order valence-electron chi connectivity index (χ0n) is 20.8. The summed E-state index contributed by atoms with van der Waals surface area (Å²) in [5, 5.41) is 17.1. The molecule has 188 valence electrons. The molecule has 1 aromatic carbocycles. The van der Waals surface area contributed by atoms with Crippen LogP contribution in [0.25, 0.3) is 16.7 Å². The van der Waals surface area contributed by atoms with Crippen LogP contribution < -0.4 is 10.1 Å². The van der Waals surface area contributed by atoms with Crippen molar-refractivity contribution in [1.29, 1.82) is 0 Å². The molecule has 0 spiro atoms. The highest BCUT2D eigenvalue weighted by Crippen LogP contribution is 2.40. The van der Waals surface area contributed by atoms with Crippen LogP contribution in [0.15, 0.2) is 55.0 Å². The van der Waals surface area contributed by atoms with Crippen LogP contribution in [0.2, 0.25) is 0 Å². The number of ether oxygens (including phenoxy) is 1. The molecule has 0 aliphatic rings. The summed E-state index contributed by atoms with van der Waals surface area (Å²) in [5.74, 6) is 1.11. The summed E-state index contributed by atoms with van der Waals surface area (Å²) in [6.07, 6.45) is 7.32. The lowest BCUT2D eigenvalue weighted by Crippen LogP contribution is -2.18. The minimum atomic E-state index is -3.24. The van der Waals surface area contributed by atoms with E-state index in [0.717, 1.165) is 36.0 Å². The summed E-state index contributed by atoms with van der Waals surface area (Å²) < 4.78 is 32.8. The van der Waals surface area contributed by atoms with Gasteiger partial charge in [-0.1, -0.05) is 26.8 Å². The molecule has 8 heteroatoms. The average Bonchev–Trinajstić information content (AvgIpc) is 3.28. The first kappa shape index (κ1) is 26.3. The molecule has 0 fully saturated rings. The fourth-order valence-corrected chi connectivity index (χ4v) is 4.19. The Morgan fingerprint density at radius 2 is 1.89 bits per heavy atom. The van der Waals surface area contributed by atoms with E-state index >= 15 is 0 Å². The van der Waals surface area contributed by atoms with Gasteiger partial charge in [-0.2, -0.15) is 13.9 Å². The number of halogens is 2. The van der Waals surface area contributed by atoms with E-state index in [1.165, 1.54) is 17.7 Å². The van der Waals surface area contributed by atoms with Gasteiger partial charge in [0.25, 0.3) is 0 Å². The van der Waals surface area contributed by atoms with Gasteiger partial charge in [-0.3, -0.25) is 4.68 Å².